The minimum absolute atomic E-state index is 0.0245. The van der Waals surface area contributed by atoms with E-state index in [0.717, 1.165) is 30.8 Å². The Morgan fingerprint density at radius 1 is 1.33 bits per heavy atom. The molecule has 144 valence electrons. The molecule has 1 aliphatic heterocycles. The highest BCUT2D eigenvalue weighted by Crippen LogP contribution is 2.23. The van der Waals surface area contributed by atoms with Crippen molar-refractivity contribution in [2.75, 3.05) is 26.7 Å². The SMILES string of the molecule is CC(=O)NCC1CCn2ncc(C(=O)N(C)CCOc3ccccc3)c2C1. The van der Waals surface area contributed by atoms with Gasteiger partial charge in [-0.1, -0.05) is 18.2 Å². The summed E-state index contributed by atoms with van der Waals surface area (Å²) in [4.78, 5) is 25.7. The van der Waals surface area contributed by atoms with E-state index in [9.17, 15) is 9.59 Å². The van der Waals surface area contributed by atoms with E-state index in [0.29, 0.717) is 31.2 Å². The van der Waals surface area contributed by atoms with Crippen LogP contribution in [0, 0.1) is 5.92 Å². The second-order valence-corrected chi connectivity index (χ2v) is 6.91. The molecule has 0 saturated carbocycles. The zero-order valence-electron chi connectivity index (χ0n) is 15.9. The molecular formula is C20H26N4O3. The number of hydrogen-bond acceptors (Lipinski definition) is 4. The highest BCUT2D eigenvalue weighted by atomic mass is 16.5. The van der Waals surface area contributed by atoms with Crippen molar-refractivity contribution in [2.45, 2.75) is 26.3 Å². The summed E-state index contributed by atoms with van der Waals surface area (Å²) in [5, 5.41) is 7.24. The molecule has 7 heteroatoms. The Hall–Kier alpha value is -2.83. The zero-order valence-corrected chi connectivity index (χ0v) is 15.9. The lowest BCUT2D eigenvalue weighted by molar-refractivity contribution is -0.119. The molecule has 1 unspecified atom stereocenters. The van der Waals surface area contributed by atoms with Crippen LogP contribution in [-0.4, -0.2) is 53.2 Å². The number of nitrogens with one attached hydrogen (secondary N) is 1. The normalized spacial score (nSPS) is 15.7. The number of likely N-dealkylation sites (N-methyl/N-ethyl adjacent to an activating group) is 1. The minimum atomic E-state index is -0.0481. The Bertz CT molecular complexity index is 788. The fraction of sp³-hybridized carbons (Fsp3) is 0.450. The Kier molecular flexibility index (Phi) is 6.11. The number of ether oxygens (including phenoxy) is 1. The predicted octanol–water partition coefficient (Wildman–Crippen LogP) is 1.73. The van der Waals surface area contributed by atoms with Crippen LogP contribution in [0.4, 0.5) is 0 Å². The fourth-order valence-electron chi connectivity index (χ4n) is 3.26. The maximum Gasteiger partial charge on any atom is 0.257 e. The van der Waals surface area contributed by atoms with E-state index < -0.39 is 0 Å². The van der Waals surface area contributed by atoms with Crippen molar-refractivity contribution in [1.82, 2.24) is 20.0 Å². The third-order valence-corrected chi connectivity index (χ3v) is 4.84. The minimum Gasteiger partial charge on any atom is -0.492 e. The number of nitrogens with zero attached hydrogens (tertiary/aromatic N) is 3. The summed E-state index contributed by atoms with van der Waals surface area (Å²) >= 11 is 0. The topological polar surface area (TPSA) is 76.5 Å². The van der Waals surface area contributed by atoms with Crippen molar-refractivity contribution < 1.29 is 14.3 Å². The molecule has 0 saturated heterocycles. The molecule has 1 aromatic carbocycles. The van der Waals surface area contributed by atoms with Crippen LogP contribution in [0.25, 0.3) is 0 Å². The molecule has 0 fully saturated rings. The highest BCUT2D eigenvalue weighted by molar-refractivity contribution is 5.95. The number of benzene rings is 1. The van der Waals surface area contributed by atoms with Gasteiger partial charge >= 0.3 is 0 Å². The van der Waals surface area contributed by atoms with Gasteiger partial charge in [0.2, 0.25) is 5.91 Å². The van der Waals surface area contributed by atoms with Gasteiger partial charge in [-0.05, 0) is 30.9 Å². The van der Waals surface area contributed by atoms with Crippen molar-refractivity contribution in [3.8, 4) is 5.75 Å². The summed E-state index contributed by atoms with van der Waals surface area (Å²) in [6.07, 6.45) is 3.35. The van der Waals surface area contributed by atoms with Gasteiger partial charge in [-0.15, -0.1) is 0 Å². The second kappa shape index (κ2) is 8.70. The summed E-state index contributed by atoms with van der Waals surface area (Å²) in [6, 6.07) is 9.56. The zero-order chi connectivity index (χ0) is 19.2. The van der Waals surface area contributed by atoms with Gasteiger partial charge in [0.15, 0.2) is 0 Å². The predicted molar refractivity (Wildman–Crippen MR) is 102 cm³/mol. The third-order valence-electron chi connectivity index (χ3n) is 4.84. The van der Waals surface area contributed by atoms with Gasteiger partial charge in [0.25, 0.3) is 5.91 Å². The molecule has 2 aromatic rings. The van der Waals surface area contributed by atoms with Gasteiger partial charge in [0.1, 0.15) is 12.4 Å². The molecule has 1 N–H and O–H groups in total. The molecule has 1 atom stereocenters. The number of fused-ring (bicyclic) bond motifs is 1. The largest absolute Gasteiger partial charge is 0.492 e. The molecule has 1 aliphatic rings. The number of para-hydroxylation sites is 1. The molecule has 0 aliphatic carbocycles. The van der Waals surface area contributed by atoms with Crippen molar-refractivity contribution in [1.29, 1.82) is 0 Å². The number of carbonyl (C=O) groups excluding carboxylic acids is 2. The molecule has 27 heavy (non-hydrogen) atoms. The maximum atomic E-state index is 12.8. The fourth-order valence-corrected chi connectivity index (χ4v) is 3.26. The van der Waals surface area contributed by atoms with E-state index in [2.05, 4.69) is 10.4 Å². The molecular weight excluding hydrogens is 344 g/mol. The van der Waals surface area contributed by atoms with Crippen LogP contribution in [-0.2, 0) is 17.8 Å². The van der Waals surface area contributed by atoms with Crippen LogP contribution >= 0.6 is 0 Å². The van der Waals surface area contributed by atoms with Crippen LogP contribution in [0.2, 0.25) is 0 Å². The second-order valence-electron chi connectivity index (χ2n) is 6.91. The van der Waals surface area contributed by atoms with Gasteiger partial charge in [0, 0.05) is 27.1 Å². The van der Waals surface area contributed by atoms with E-state index in [1.807, 2.05) is 35.0 Å². The van der Waals surface area contributed by atoms with Crippen LogP contribution in [0.1, 0.15) is 29.4 Å². The lowest BCUT2D eigenvalue weighted by Gasteiger charge is -2.25. The van der Waals surface area contributed by atoms with E-state index in [-0.39, 0.29) is 11.8 Å². The molecule has 7 nitrogen and oxygen atoms in total. The van der Waals surface area contributed by atoms with Crippen molar-refractivity contribution >= 4 is 11.8 Å². The van der Waals surface area contributed by atoms with Crippen LogP contribution < -0.4 is 10.1 Å². The first-order valence-corrected chi connectivity index (χ1v) is 9.27. The van der Waals surface area contributed by atoms with E-state index in [4.69, 9.17) is 4.74 Å². The average molecular weight is 370 g/mol. The molecule has 3 rings (SSSR count). The first kappa shape index (κ1) is 18.9. The third kappa shape index (κ3) is 4.87. The number of aromatic nitrogens is 2. The number of aryl methyl sites for hydroxylation is 1. The van der Waals surface area contributed by atoms with E-state index >= 15 is 0 Å². The van der Waals surface area contributed by atoms with Crippen LogP contribution in [0.3, 0.4) is 0 Å². The van der Waals surface area contributed by atoms with E-state index in [1.54, 1.807) is 18.1 Å². The van der Waals surface area contributed by atoms with Gasteiger partial charge in [-0.2, -0.15) is 5.10 Å². The smallest absolute Gasteiger partial charge is 0.257 e. The number of amides is 2. The molecule has 2 amide bonds. The number of hydrogen-bond donors (Lipinski definition) is 1. The monoisotopic (exact) mass is 370 g/mol. The van der Waals surface area contributed by atoms with Gasteiger partial charge < -0.3 is 15.0 Å². The highest BCUT2D eigenvalue weighted by Gasteiger charge is 2.26. The van der Waals surface area contributed by atoms with Gasteiger partial charge in [-0.25, -0.2) is 0 Å². The summed E-state index contributed by atoms with van der Waals surface area (Å²) in [7, 11) is 1.78. The maximum absolute atomic E-state index is 12.8. The summed E-state index contributed by atoms with van der Waals surface area (Å²) in [6.45, 7) is 3.85. The average Bonchev–Trinajstić information content (AvgIpc) is 3.09. The summed E-state index contributed by atoms with van der Waals surface area (Å²) in [5.74, 6) is 1.05. The van der Waals surface area contributed by atoms with Gasteiger partial charge in [-0.3, -0.25) is 14.3 Å². The first-order chi connectivity index (χ1) is 13.0. The molecule has 0 radical (unpaired) electrons. The van der Waals surface area contributed by atoms with Crippen molar-refractivity contribution in [3.63, 3.8) is 0 Å². The standard InChI is InChI=1S/C20H26N4O3/c1-15(25)21-13-16-8-9-24-19(12-16)18(14-22-24)20(26)23(2)10-11-27-17-6-4-3-5-7-17/h3-7,14,16H,8-13H2,1-2H3,(H,21,25). The van der Waals surface area contributed by atoms with Crippen LogP contribution in [0.15, 0.2) is 36.5 Å². The van der Waals surface area contributed by atoms with Crippen LogP contribution in [0.5, 0.6) is 5.75 Å². The quantitative estimate of drug-likeness (QED) is 0.805. The molecule has 0 spiro atoms. The number of rotatable bonds is 7. The molecule has 2 heterocycles. The number of carbonyl (C=O) groups is 2. The Labute approximate surface area is 159 Å². The lowest BCUT2D eigenvalue weighted by atomic mass is 9.94. The van der Waals surface area contributed by atoms with Crippen molar-refractivity contribution in [2.24, 2.45) is 5.92 Å². The molecule has 0 bridgehead atoms. The Balaban J connectivity index is 1.57. The molecule has 1 aromatic heterocycles. The summed E-state index contributed by atoms with van der Waals surface area (Å²) < 4.78 is 7.58. The van der Waals surface area contributed by atoms with Crippen molar-refractivity contribution in [3.05, 3.63) is 47.8 Å². The Morgan fingerprint density at radius 2 is 2.11 bits per heavy atom. The summed E-state index contributed by atoms with van der Waals surface area (Å²) in [5.41, 5.74) is 1.60. The lowest BCUT2D eigenvalue weighted by Crippen LogP contribution is -2.34. The van der Waals surface area contributed by atoms with Gasteiger partial charge in [0.05, 0.1) is 24.0 Å². The first-order valence-electron chi connectivity index (χ1n) is 9.27. The van der Waals surface area contributed by atoms with E-state index in [1.165, 1.54) is 6.92 Å². The Morgan fingerprint density at radius 3 is 2.85 bits per heavy atom.